The maximum atomic E-state index is 8.75. The molecule has 0 fully saturated rings. The summed E-state index contributed by atoms with van der Waals surface area (Å²) in [6.07, 6.45) is 7.25. The SMILES string of the molecule is C#CC(O)CCCC. The maximum absolute atomic E-state index is 8.75. The van der Waals surface area contributed by atoms with Crippen LogP contribution in [0.5, 0.6) is 0 Å². The van der Waals surface area contributed by atoms with Gasteiger partial charge in [-0.25, -0.2) is 0 Å². The molecule has 0 aliphatic carbocycles. The fourth-order valence-electron chi connectivity index (χ4n) is 0.481. The molecule has 0 aliphatic heterocycles. The summed E-state index contributed by atoms with van der Waals surface area (Å²) in [5, 5.41) is 8.75. The van der Waals surface area contributed by atoms with Crippen molar-refractivity contribution in [1.82, 2.24) is 0 Å². The molecule has 0 heterocycles. The van der Waals surface area contributed by atoms with Crippen LogP contribution in [-0.2, 0) is 0 Å². The molecule has 0 saturated carbocycles. The Morgan fingerprint density at radius 3 is 2.75 bits per heavy atom. The number of unbranched alkanes of at least 4 members (excludes halogenated alkanes) is 1. The second-order valence-electron chi connectivity index (χ2n) is 1.82. The fourth-order valence-corrected chi connectivity index (χ4v) is 0.481. The first kappa shape index (κ1) is 7.52. The molecule has 1 unspecified atom stereocenters. The Labute approximate surface area is 50.7 Å². The first-order valence-electron chi connectivity index (χ1n) is 2.95. The lowest BCUT2D eigenvalue weighted by atomic mass is 10.2. The Bertz CT molecular complexity index is 80.9. The minimum absolute atomic E-state index is 0.519. The fraction of sp³-hybridized carbons (Fsp3) is 0.714. The summed E-state index contributed by atoms with van der Waals surface area (Å²) < 4.78 is 0. The van der Waals surface area contributed by atoms with Crippen LogP contribution in [0.3, 0.4) is 0 Å². The van der Waals surface area contributed by atoms with Crippen molar-refractivity contribution >= 4 is 0 Å². The number of aliphatic hydroxyl groups is 1. The van der Waals surface area contributed by atoms with Gasteiger partial charge in [0, 0.05) is 0 Å². The summed E-state index contributed by atoms with van der Waals surface area (Å²) in [5.74, 6) is 2.26. The Balaban J connectivity index is 3.02. The average molecular weight is 112 g/mol. The van der Waals surface area contributed by atoms with E-state index in [9.17, 15) is 0 Å². The van der Waals surface area contributed by atoms with Gasteiger partial charge in [-0.2, -0.15) is 0 Å². The summed E-state index contributed by atoms with van der Waals surface area (Å²) in [7, 11) is 0. The van der Waals surface area contributed by atoms with Gasteiger partial charge in [0.25, 0.3) is 0 Å². The smallest absolute Gasteiger partial charge is 0.114 e. The zero-order chi connectivity index (χ0) is 6.41. The van der Waals surface area contributed by atoms with E-state index in [2.05, 4.69) is 12.8 Å². The third-order valence-electron chi connectivity index (χ3n) is 1.02. The van der Waals surface area contributed by atoms with Gasteiger partial charge in [0.1, 0.15) is 6.10 Å². The molecule has 1 atom stereocenters. The second-order valence-corrected chi connectivity index (χ2v) is 1.82. The third-order valence-corrected chi connectivity index (χ3v) is 1.02. The van der Waals surface area contributed by atoms with Crippen molar-refractivity contribution in [3.8, 4) is 12.3 Å². The van der Waals surface area contributed by atoms with E-state index < -0.39 is 6.10 Å². The van der Waals surface area contributed by atoms with E-state index in [1.165, 1.54) is 0 Å². The predicted molar refractivity (Wildman–Crippen MR) is 34.4 cm³/mol. The second kappa shape index (κ2) is 4.67. The zero-order valence-electron chi connectivity index (χ0n) is 5.22. The van der Waals surface area contributed by atoms with Crippen LogP contribution in [0.4, 0.5) is 0 Å². The van der Waals surface area contributed by atoms with Crippen molar-refractivity contribution in [1.29, 1.82) is 0 Å². The van der Waals surface area contributed by atoms with Crippen LogP contribution in [0.2, 0.25) is 0 Å². The lowest BCUT2D eigenvalue weighted by Gasteiger charge is -1.97. The van der Waals surface area contributed by atoms with E-state index in [0.29, 0.717) is 0 Å². The molecule has 0 radical (unpaired) electrons. The van der Waals surface area contributed by atoms with Crippen molar-refractivity contribution in [3.05, 3.63) is 0 Å². The number of hydrogen-bond donors (Lipinski definition) is 1. The van der Waals surface area contributed by atoms with E-state index in [1.54, 1.807) is 0 Å². The number of terminal acetylenes is 1. The highest BCUT2D eigenvalue weighted by molar-refractivity contribution is 4.92. The van der Waals surface area contributed by atoms with Crippen LogP contribution in [0.25, 0.3) is 0 Å². The van der Waals surface area contributed by atoms with Crippen molar-refractivity contribution in [2.24, 2.45) is 0 Å². The minimum atomic E-state index is -0.519. The molecule has 0 saturated heterocycles. The minimum Gasteiger partial charge on any atom is -0.380 e. The molecule has 0 aliphatic rings. The molecule has 0 bridgehead atoms. The van der Waals surface area contributed by atoms with E-state index in [4.69, 9.17) is 11.5 Å². The molecule has 0 spiro atoms. The standard InChI is InChI=1S/C7H12O/c1-3-5-6-7(8)4-2/h2,7-8H,3,5-6H2,1H3. The van der Waals surface area contributed by atoms with Crippen molar-refractivity contribution in [2.45, 2.75) is 32.3 Å². The monoisotopic (exact) mass is 112 g/mol. The highest BCUT2D eigenvalue weighted by Crippen LogP contribution is 1.97. The van der Waals surface area contributed by atoms with Gasteiger partial charge in [0.05, 0.1) is 0 Å². The summed E-state index contributed by atoms with van der Waals surface area (Å²) in [6.45, 7) is 2.07. The van der Waals surface area contributed by atoms with Crippen LogP contribution in [0.15, 0.2) is 0 Å². The molecular weight excluding hydrogens is 100 g/mol. The predicted octanol–water partition coefficient (Wildman–Crippen LogP) is 1.17. The van der Waals surface area contributed by atoms with Crippen molar-refractivity contribution in [2.75, 3.05) is 0 Å². The molecule has 0 aromatic rings. The van der Waals surface area contributed by atoms with Crippen molar-refractivity contribution < 1.29 is 5.11 Å². The summed E-state index contributed by atoms with van der Waals surface area (Å²) in [4.78, 5) is 0. The van der Waals surface area contributed by atoms with Gasteiger partial charge in [0.2, 0.25) is 0 Å². The van der Waals surface area contributed by atoms with E-state index in [0.717, 1.165) is 19.3 Å². The lowest BCUT2D eigenvalue weighted by molar-refractivity contribution is 0.218. The molecule has 46 valence electrons. The molecule has 0 rings (SSSR count). The summed E-state index contributed by atoms with van der Waals surface area (Å²) in [6, 6.07) is 0. The third kappa shape index (κ3) is 3.70. The van der Waals surface area contributed by atoms with E-state index >= 15 is 0 Å². The van der Waals surface area contributed by atoms with Crippen molar-refractivity contribution in [3.63, 3.8) is 0 Å². The molecule has 0 amide bonds. The van der Waals surface area contributed by atoms with E-state index in [1.807, 2.05) is 0 Å². The van der Waals surface area contributed by atoms with Gasteiger partial charge >= 0.3 is 0 Å². The van der Waals surface area contributed by atoms with Crippen LogP contribution >= 0.6 is 0 Å². The van der Waals surface area contributed by atoms with Gasteiger partial charge in [-0.05, 0) is 6.42 Å². The molecule has 0 aromatic heterocycles. The highest BCUT2D eigenvalue weighted by Gasteiger charge is 1.94. The highest BCUT2D eigenvalue weighted by atomic mass is 16.3. The Morgan fingerprint density at radius 1 is 1.75 bits per heavy atom. The van der Waals surface area contributed by atoms with Crippen LogP contribution in [0, 0.1) is 12.3 Å². The Hall–Kier alpha value is -0.480. The molecule has 1 nitrogen and oxygen atoms in total. The molecule has 8 heavy (non-hydrogen) atoms. The molecule has 1 heteroatoms. The van der Waals surface area contributed by atoms with E-state index in [-0.39, 0.29) is 0 Å². The first-order chi connectivity index (χ1) is 3.81. The van der Waals surface area contributed by atoms with Gasteiger partial charge in [-0.3, -0.25) is 0 Å². The van der Waals surface area contributed by atoms with Crippen LogP contribution < -0.4 is 0 Å². The molecule has 1 N–H and O–H groups in total. The Morgan fingerprint density at radius 2 is 2.38 bits per heavy atom. The van der Waals surface area contributed by atoms with Crippen LogP contribution in [0.1, 0.15) is 26.2 Å². The quantitative estimate of drug-likeness (QED) is 0.543. The summed E-state index contributed by atoms with van der Waals surface area (Å²) >= 11 is 0. The largest absolute Gasteiger partial charge is 0.380 e. The van der Waals surface area contributed by atoms with Gasteiger partial charge in [-0.15, -0.1) is 6.42 Å². The van der Waals surface area contributed by atoms with Gasteiger partial charge < -0.3 is 5.11 Å². The summed E-state index contributed by atoms with van der Waals surface area (Å²) in [5.41, 5.74) is 0. The Kier molecular flexibility index (Phi) is 4.39. The normalized spacial score (nSPS) is 12.6. The van der Waals surface area contributed by atoms with Gasteiger partial charge in [-0.1, -0.05) is 25.7 Å². The average Bonchev–Trinajstić information content (AvgIpc) is 1.83. The van der Waals surface area contributed by atoms with Gasteiger partial charge in [0.15, 0.2) is 0 Å². The van der Waals surface area contributed by atoms with Crippen LogP contribution in [-0.4, -0.2) is 11.2 Å². The maximum Gasteiger partial charge on any atom is 0.114 e. The number of aliphatic hydroxyl groups excluding tert-OH is 1. The zero-order valence-corrected chi connectivity index (χ0v) is 5.22. The lowest BCUT2D eigenvalue weighted by Crippen LogP contribution is -2.00. The topological polar surface area (TPSA) is 20.2 Å². The first-order valence-corrected chi connectivity index (χ1v) is 2.95. The molecule has 0 aromatic carbocycles. The number of rotatable bonds is 3. The number of hydrogen-bond acceptors (Lipinski definition) is 1. The molecular formula is C7H12O.